The molecule has 7 aromatic carbocycles. The van der Waals surface area contributed by atoms with E-state index in [1.165, 1.54) is 76.8 Å². The monoisotopic (exact) mass is 534 g/mol. The van der Waals surface area contributed by atoms with Crippen LogP contribution in [0.3, 0.4) is 0 Å². The third-order valence-electron chi connectivity index (χ3n) is 8.65. The average molecular weight is 535 g/mol. The van der Waals surface area contributed by atoms with Gasteiger partial charge in [-0.25, -0.2) is 0 Å². The Bertz CT molecular complexity index is 2100. The molecule has 0 nitrogen and oxygen atoms in total. The molecule has 198 valence electrons. The van der Waals surface area contributed by atoms with Crippen molar-refractivity contribution in [2.75, 3.05) is 0 Å². The SMILES string of the molecule is C1=CC(c2c3ccccc3c(-c3ccccc3)c3c(-c4ccccc4)c4ccccc4c(-c4ccccc4)c23)=CCC1. The highest BCUT2D eigenvalue weighted by Gasteiger charge is 2.25. The van der Waals surface area contributed by atoms with Crippen LogP contribution in [0.5, 0.6) is 0 Å². The lowest BCUT2D eigenvalue weighted by molar-refractivity contribution is 1.04. The van der Waals surface area contributed by atoms with E-state index >= 15 is 0 Å². The van der Waals surface area contributed by atoms with Gasteiger partial charge >= 0.3 is 0 Å². The Labute approximate surface area is 246 Å². The Kier molecular flexibility index (Phi) is 6.04. The Balaban J connectivity index is 1.76. The molecular formula is C42H30. The summed E-state index contributed by atoms with van der Waals surface area (Å²) in [5.74, 6) is 0. The van der Waals surface area contributed by atoms with Crippen LogP contribution in [0, 0.1) is 0 Å². The highest BCUT2D eigenvalue weighted by molar-refractivity contribution is 6.32. The van der Waals surface area contributed by atoms with Crippen molar-refractivity contribution >= 4 is 37.9 Å². The minimum atomic E-state index is 1.06. The second-order valence-electron chi connectivity index (χ2n) is 11.1. The number of rotatable bonds is 4. The highest BCUT2D eigenvalue weighted by atomic mass is 14.3. The molecule has 7 aromatic rings. The van der Waals surface area contributed by atoms with Crippen molar-refractivity contribution < 1.29 is 0 Å². The van der Waals surface area contributed by atoms with Gasteiger partial charge in [-0.1, -0.05) is 158 Å². The molecule has 8 rings (SSSR count). The van der Waals surface area contributed by atoms with Crippen LogP contribution in [0.4, 0.5) is 0 Å². The third kappa shape index (κ3) is 3.91. The van der Waals surface area contributed by atoms with Crippen LogP contribution in [0.25, 0.3) is 71.3 Å². The summed E-state index contributed by atoms with van der Waals surface area (Å²) in [6, 6.07) is 51.0. The molecule has 0 aromatic heterocycles. The summed E-state index contributed by atoms with van der Waals surface area (Å²) in [5, 5.41) is 7.80. The predicted molar refractivity (Wildman–Crippen MR) is 182 cm³/mol. The number of hydrogen-bond donors (Lipinski definition) is 0. The fourth-order valence-corrected chi connectivity index (χ4v) is 6.94. The zero-order valence-electron chi connectivity index (χ0n) is 23.4. The molecule has 42 heavy (non-hydrogen) atoms. The zero-order valence-corrected chi connectivity index (χ0v) is 23.4. The Morgan fingerprint density at radius 3 is 1.07 bits per heavy atom. The number of fused-ring (bicyclic) bond motifs is 3. The van der Waals surface area contributed by atoms with Crippen molar-refractivity contribution in [3.63, 3.8) is 0 Å². The lowest BCUT2D eigenvalue weighted by Gasteiger charge is -2.26. The van der Waals surface area contributed by atoms with Gasteiger partial charge in [0.15, 0.2) is 0 Å². The summed E-state index contributed by atoms with van der Waals surface area (Å²) in [5.41, 5.74) is 10.3. The lowest BCUT2D eigenvalue weighted by Crippen LogP contribution is -1.99. The molecular weight excluding hydrogens is 504 g/mol. The van der Waals surface area contributed by atoms with Gasteiger partial charge in [-0.2, -0.15) is 0 Å². The number of hydrogen-bond acceptors (Lipinski definition) is 0. The van der Waals surface area contributed by atoms with Crippen molar-refractivity contribution in [2.45, 2.75) is 12.8 Å². The van der Waals surface area contributed by atoms with Gasteiger partial charge < -0.3 is 0 Å². The van der Waals surface area contributed by atoms with Gasteiger partial charge in [-0.3, -0.25) is 0 Å². The second-order valence-corrected chi connectivity index (χ2v) is 11.1. The predicted octanol–water partition coefficient (Wildman–Crippen LogP) is 11.9. The average Bonchev–Trinajstić information content (AvgIpc) is 3.07. The molecule has 0 spiro atoms. The quantitative estimate of drug-likeness (QED) is 0.197. The van der Waals surface area contributed by atoms with Gasteiger partial charge in [-0.05, 0) is 89.7 Å². The van der Waals surface area contributed by atoms with Gasteiger partial charge in [0, 0.05) is 0 Å². The minimum Gasteiger partial charge on any atom is -0.0836 e. The van der Waals surface area contributed by atoms with Crippen molar-refractivity contribution in [3.8, 4) is 33.4 Å². The molecule has 0 saturated heterocycles. The van der Waals surface area contributed by atoms with E-state index in [-0.39, 0.29) is 0 Å². The normalized spacial score (nSPS) is 13.1. The van der Waals surface area contributed by atoms with Gasteiger partial charge in [0.25, 0.3) is 0 Å². The van der Waals surface area contributed by atoms with Crippen LogP contribution >= 0.6 is 0 Å². The summed E-state index contributed by atoms with van der Waals surface area (Å²) in [6.45, 7) is 0. The first-order valence-corrected chi connectivity index (χ1v) is 14.9. The Hall–Kier alpha value is -5.20. The molecule has 1 aliphatic carbocycles. The van der Waals surface area contributed by atoms with Gasteiger partial charge in [0.1, 0.15) is 0 Å². The molecule has 0 heteroatoms. The standard InChI is InChI=1S/C42H30/c1-5-17-29(18-6-1)37-33-25-13-14-26-34(33)39(31-21-9-3-10-22-31)42-40(32-23-11-4-12-24-32)36-28-16-15-27-35(36)38(41(37)42)30-19-7-2-8-20-30/h1-3,5-11,13-28H,4,12H2. The number of benzene rings is 7. The van der Waals surface area contributed by atoms with Crippen LogP contribution in [0.1, 0.15) is 18.4 Å². The number of allylic oxidation sites excluding steroid dienone is 4. The molecule has 0 amide bonds. The molecule has 0 radical (unpaired) electrons. The van der Waals surface area contributed by atoms with Crippen LogP contribution in [-0.2, 0) is 0 Å². The molecule has 0 N–H and O–H groups in total. The Morgan fingerprint density at radius 2 is 0.690 bits per heavy atom. The van der Waals surface area contributed by atoms with Gasteiger partial charge in [0.05, 0.1) is 0 Å². The highest BCUT2D eigenvalue weighted by Crippen LogP contribution is 2.52. The van der Waals surface area contributed by atoms with E-state index in [0.29, 0.717) is 0 Å². The summed E-state index contributed by atoms with van der Waals surface area (Å²) < 4.78 is 0. The zero-order chi connectivity index (χ0) is 27.9. The molecule has 1 aliphatic rings. The van der Waals surface area contributed by atoms with Gasteiger partial charge in [0.2, 0.25) is 0 Å². The summed E-state index contributed by atoms with van der Waals surface area (Å²) >= 11 is 0. The maximum Gasteiger partial charge on any atom is -0.000139 e. The molecule has 0 atom stereocenters. The smallest absolute Gasteiger partial charge is 0.000139 e. The van der Waals surface area contributed by atoms with E-state index < -0.39 is 0 Å². The van der Waals surface area contributed by atoms with Crippen molar-refractivity contribution in [2.24, 2.45) is 0 Å². The topological polar surface area (TPSA) is 0 Å². The van der Waals surface area contributed by atoms with Crippen molar-refractivity contribution in [1.82, 2.24) is 0 Å². The van der Waals surface area contributed by atoms with E-state index in [1.807, 2.05) is 0 Å². The van der Waals surface area contributed by atoms with E-state index in [1.54, 1.807) is 0 Å². The largest absolute Gasteiger partial charge is 0.0836 e. The summed E-state index contributed by atoms with van der Waals surface area (Å²) in [4.78, 5) is 0. The second kappa shape index (κ2) is 10.3. The first-order valence-electron chi connectivity index (χ1n) is 14.9. The first-order chi connectivity index (χ1) is 20.9. The molecule has 0 fully saturated rings. The Morgan fingerprint density at radius 1 is 0.333 bits per heavy atom. The van der Waals surface area contributed by atoms with Crippen LogP contribution in [0.2, 0.25) is 0 Å². The van der Waals surface area contributed by atoms with E-state index in [2.05, 4.69) is 158 Å². The van der Waals surface area contributed by atoms with Crippen LogP contribution in [-0.4, -0.2) is 0 Å². The van der Waals surface area contributed by atoms with E-state index in [0.717, 1.165) is 12.8 Å². The molecule has 0 saturated carbocycles. The fourth-order valence-electron chi connectivity index (χ4n) is 6.94. The lowest BCUT2D eigenvalue weighted by atomic mass is 9.77. The maximum absolute atomic E-state index is 2.44. The van der Waals surface area contributed by atoms with E-state index in [9.17, 15) is 0 Å². The summed E-state index contributed by atoms with van der Waals surface area (Å²) in [6.07, 6.45) is 9.27. The first kappa shape index (κ1) is 24.6. The van der Waals surface area contributed by atoms with Crippen LogP contribution < -0.4 is 0 Å². The third-order valence-corrected chi connectivity index (χ3v) is 8.65. The maximum atomic E-state index is 2.44. The summed E-state index contributed by atoms with van der Waals surface area (Å²) in [7, 11) is 0. The fraction of sp³-hybridized carbons (Fsp3) is 0.0476. The molecule has 0 bridgehead atoms. The van der Waals surface area contributed by atoms with Crippen LogP contribution in [0.15, 0.2) is 158 Å². The molecule has 0 heterocycles. The van der Waals surface area contributed by atoms with Gasteiger partial charge in [-0.15, -0.1) is 0 Å². The van der Waals surface area contributed by atoms with Crippen molar-refractivity contribution in [1.29, 1.82) is 0 Å². The van der Waals surface area contributed by atoms with Crippen molar-refractivity contribution in [3.05, 3.63) is 163 Å². The van der Waals surface area contributed by atoms with E-state index in [4.69, 9.17) is 0 Å². The molecule has 0 aliphatic heterocycles. The molecule has 0 unspecified atom stereocenters. The minimum absolute atomic E-state index is 1.06.